The molecule has 0 amide bonds. The summed E-state index contributed by atoms with van der Waals surface area (Å²) in [6.45, 7) is 0. The van der Waals surface area contributed by atoms with Crippen molar-refractivity contribution in [1.29, 1.82) is 0 Å². The maximum atomic E-state index is 6.38. The highest BCUT2D eigenvalue weighted by Crippen LogP contribution is 2.30. The molecule has 0 fully saturated rings. The first-order valence-electron chi connectivity index (χ1n) is 6.57. The van der Waals surface area contributed by atoms with Gasteiger partial charge in [0.2, 0.25) is 0 Å². The minimum atomic E-state index is -0.0156. The Balaban J connectivity index is 2.20. The van der Waals surface area contributed by atoms with E-state index in [1.54, 1.807) is 0 Å². The van der Waals surface area contributed by atoms with Crippen molar-refractivity contribution in [3.05, 3.63) is 44.9 Å². The van der Waals surface area contributed by atoms with Gasteiger partial charge in [-0.25, -0.2) is 0 Å². The standard InChI is InChI=1S/C15H19BrClN/c16-13-8-12(9-14(17)10-13)15(18)11-6-4-2-1-3-5-7-11/h6,8-10,15H,1-5,7,18H2/b11-6+. The van der Waals surface area contributed by atoms with Crippen molar-refractivity contribution in [3.63, 3.8) is 0 Å². The average Bonchev–Trinajstić information content (AvgIpc) is 2.26. The van der Waals surface area contributed by atoms with Gasteiger partial charge in [-0.3, -0.25) is 0 Å². The third kappa shape index (κ3) is 3.84. The van der Waals surface area contributed by atoms with Gasteiger partial charge in [-0.2, -0.15) is 0 Å². The number of rotatable bonds is 2. The molecule has 1 aliphatic rings. The normalized spacial score (nSPS) is 21.6. The molecule has 0 aromatic heterocycles. The van der Waals surface area contributed by atoms with Crippen molar-refractivity contribution in [2.45, 2.75) is 44.6 Å². The molecule has 18 heavy (non-hydrogen) atoms. The lowest BCUT2D eigenvalue weighted by molar-refractivity contribution is 0.602. The topological polar surface area (TPSA) is 26.0 Å². The SMILES string of the molecule is NC(/C1=C/CCCCCC1)c1cc(Cl)cc(Br)c1. The minimum absolute atomic E-state index is 0.0156. The third-order valence-electron chi connectivity index (χ3n) is 3.47. The highest BCUT2D eigenvalue weighted by molar-refractivity contribution is 9.10. The Labute approximate surface area is 123 Å². The Morgan fingerprint density at radius 2 is 1.89 bits per heavy atom. The lowest BCUT2D eigenvalue weighted by atomic mass is 9.91. The van der Waals surface area contributed by atoms with Gasteiger partial charge in [-0.05, 0) is 49.4 Å². The Kier molecular flexibility index (Phi) is 5.28. The summed E-state index contributed by atoms with van der Waals surface area (Å²) in [6.07, 6.45) is 9.82. The number of benzene rings is 1. The van der Waals surface area contributed by atoms with Crippen LogP contribution in [0.2, 0.25) is 5.02 Å². The van der Waals surface area contributed by atoms with Gasteiger partial charge in [0.05, 0.1) is 6.04 Å². The second kappa shape index (κ2) is 6.74. The number of nitrogens with two attached hydrogens (primary N) is 1. The molecular weight excluding hydrogens is 310 g/mol. The zero-order chi connectivity index (χ0) is 13.0. The molecule has 1 aromatic carbocycles. The Bertz CT molecular complexity index is 422. The van der Waals surface area contributed by atoms with Crippen LogP contribution in [0.15, 0.2) is 34.3 Å². The van der Waals surface area contributed by atoms with Crippen LogP contribution < -0.4 is 5.73 Å². The van der Waals surface area contributed by atoms with E-state index < -0.39 is 0 Å². The van der Waals surface area contributed by atoms with E-state index in [9.17, 15) is 0 Å². The molecule has 1 aliphatic carbocycles. The fourth-order valence-corrected chi connectivity index (χ4v) is 3.35. The first-order chi connectivity index (χ1) is 8.66. The number of halogens is 2. The van der Waals surface area contributed by atoms with Crippen molar-refractivity contribution in [1.82, 2.24) is 0 Å². The second-order valence-electron chi connectivity index (χ2n) is 4.91. The van der Waals surface area contributed by atoms with Crippen LogP contribution in [0.4, 0.5) is 0 Å². The molecule has 1 unspecified atom stereocenters. The lowest BCUT2D eigenvalue weighted by Gasteiger charge is -2.19. The van der Waals surface area contributed by atoms with Gasteiger partial charge in [-0.1, -0.05) is 52.0 Å². The molecule has 3 heteroatoms. The van der Waals surface area contributed by atoms with Crippen LogP contribution >= 0.6 is 27.5 Å². The molecule has 0 bridgehead atoms. The molecule has 1 atom stereocenters. The Hall–Kier alpha value is -0.310. The van der Waals surface area contributed by atoms with Gasteiger partial charge in [0, 0.05) is 9.50 Å². The Morgan fingerprint density at radius 1 is 1.11 bits per heavy atom. The molecule has 1 aromatic rings. The molecule has 2 N–H and O–H groups in total. The predicted molar refractivity (Wildman–Crippen MR) is 81.9 cm³/mol. The molecule has 0 radical (unpaired) electrons. The van der Waals surface area contributed by atoms with Gasteiger partial charge in [0.1, 0.15) is 0 Å². The van der Waals surface area contributed by atoms with Gasteiger partial charge in [-0.15, -0.1) is 0 Å². The van der Waals surface area contributed by atoms with Crippen molar-refractivity contribution in [2.24, 2.45) is 5.73 Å². The van der Waals surface area contributed by atoms with Crippen LogP contribution in [0, 0.1) is 0 Å². The van der Waals surface area contributed by atoms with Crippen molar-refractivity contribution < 1.29 is 0 Å². The molecule has 0 heterocycles. The zero-order valence-corrected chi connectivity index (χ0v) is 12.8. The average molecular weight is 329 g/mol. The molecule has 0 saturated heterocycles. The van der Waals surface area contributed by atoms with Crippen LogP contribution in [0.5, 0.6) is 0 Å². The number of hydrogen-bond acceptors (Lipinski definition) is 1. The molecule has 0 saturated carbocycles. The number of hydrogen-bond donors (Lipinski definition) is 1. The molecular formula is C15H19BrClN. The summed E-state index contributed by atoms with van der Waals surface area (Å²) in [5.74, 6) is 0. The van der Waals surface area contributed by atoms with Crippen LogP contribution in [0.3, 0.4) is 0 Å². The first kappa shape index (κ1) is 14.1. The van der Waals surface area contributed by atoms with Crippen molar-refractivity contribution in [2.75, 3.05) is 0 Å². The minimum Gasteiger partial charge on any atom is -0.321 e. The monoisotopic (exact) mass is 327 g/mol. The summed E-state index contributed by atoms with van der Waals surface area (Å²) in [5, 5.41) is 0.737. The molecule has 1 nitrogen and oxygen atoms in total. The molecule has 98 valence electrons. The van der Waals surface area contributed by atoms with Crippen molar-refractivity contribution in [3.8, 4) is 0 Å². The second-order valence-corrected chi connectivity index (χ2v) is 6.26. The van der Waals surface area contributed by atoms with E-state index in [2.05, 4.69) is 28.1 Å². The van der Waals surface area contributed by atoms with E-state index >= 15 is 0 Å². The van der Waals surface area contributed by atoms with Crippen molar-refractivity contribution >= 4 is 27.5 Å². The number of allylic oxidation sites excluding steroid dienone is 1. The third-order valence-corrected chi connectivity index (χ3v) is 4.15. The van der Waals surface area contributed by atoms with Gasteiger partial charge in [0.15, 0.2) is 0 Å². The van der Waals surface area contributed by atoms with E-state index in [4.69, 9.17) is 17.3 Å². The summed E-state index contributed by atoms with van der Waals surface area (Å²) < 4.78 is 0.992. The van der Waals surface area contributed by atoms with E-state index in [-0.39, 0.29) is 6.04 Å². The van der Waals surface area contributed by atoms with E-state index in [0.717, 1.165) is 27.9 Å². The summed E-state index contributed by atoms with van der Waals surface area (Å²) in [4.78, 5) is 0. The maximum Gasteiger partial charge on any atom is 0.0511 e. The summed E-state index contributed by atoms with van der Waals surface area (Å²) in [5.41, 5.74) is 8.84. The first-order valence-corrected chi connectivity index (χ1v) is 7.74. The Morgan fingerprint density at radius 3 is 2.67 bits per heavy atom. The summed E-state index contributed by atoms with van der Waals surface area (Å²) in [7, 11) is 0. The lowest BCUT2D eigenvalue weighted by Crippen LogP contribution is -2.14. The maximum absolute atomic E-state index is 6.38. The van der Waals surface area contributed by atoms with Gasteiger partial charge in [0.25, 0.3) is 0 Å². The van der Waals surface area contributed by atoms with Crippen LogP contribution in [0.1, 0.15) is 50.1 Å². The molecule has 0 aliphatic heterocycles. The van der Waals surface area contributed by atoms with E-state index in [1.807, 2.05) is 12.1 Å². The van der Waals surface area contributed by atoms with Crippen LogP contribution in [0.25, 0.3) is 0 Å². The quantitative estimate of drug-likeness (QED) is 0.724. The zero-order valence-electron chi connectivity index (χ0n) is 10.5. The van der Waals surface area contributed by atoms with Gasteiger partial charge < -0.3 is 5.73 Å². The van der Waals surface area contributed by atoms with E-state index in [0.29, 0.717) is 0 Å². The highest BCUT2D eigenvalue weighted by Gasteiger charge is 2.14. The van der Waals surface area contributed by atoms with E-state index in [1.165, 1.54) is 31.3 Å². The fraction of sp³-hybridized carbons (Fsp3) is 0.467. The summed E-state index contributed by atoms with van der Waals surface area (Å²) >= 11 is 9.56. The van der Waals surface area contributed by atoms with Crippen LogP contribution in [-0.2, 0) is 0 Å². The highest BCUT2D eigenvalue weighted by atomic mass is 79.9. The predicted octanol–water partition coefficient (Wildman–Crippen LogP) is 5.38. The molecule has 0 spiro atoms. The fourth-order valence-electron chi connectivity index (χ4n) is 2.47. The largest absolute Gasteiger partial charge is 0.321 e. The molecule has 2 rings (SSSR count). The van der Waals surface area contributed by atoms with Gasteiger partial charge >= 0.3 is 0 Å². The summed E-state index contributed by atoms with van der Waals surface area (Å²) in [6, 6.07) is 5.91. The van der Waals surface area contributed by atoms with Crippen LogP contribution in [-0.4, -0.2) is 0 Å². The smallest absolute Gasteiger partial charge is 0.0511 e.